The molecule has 1 atom stereocenters. The fourth-order valence-electron chi connectivity index (χ4n) is 1.08. The zero-order valence-electron chi connectivity index (χ0n) is 7.57. The van der Waals surface area contributed by atoms with Crippen LogP contribution in [-0.4, -0.2) is 0 Å². The molecule has 0 radical (unpaired) electrons. The zero-order valence-corrected chi connectivity index (χ0v) is 7.57. The number of rotatable bonds is 1. The summed E-state index contributed by atoms with van der Waals surface area (Å²) in [5.41, 5.74) is 0.538. The van der Waals surface area contributed by atoms with Gasteiger partial charge in [-0.15, -0.1) is 6.42 Å². The number of hydrogen-bond acceptors (Lipinski definition) is 0. The lowest BCUT2D eigenvalue weighted by Crippen LogP contribution is -1.97. The molecule has 1 aromatic carbocycles. The van der Waals surface area contributed by atoms with E-state index in [-0.39, 0.29) is 5.56 Å². The summed E-state index contributed by atoms with van der Waals surface area (Å²) in [6.07, 6.45) is 5.12. The standard InChI is InChI=1S/C11H10F2/c1-4-7(2)9-6-10(12)8(3)5-11(9)13/h1,5-7H,2-3H3. The number of hydrogen-bond donors (Lipinski definition) is 0. The average molecular weight is 180 g/mol. The molecule has 0 saturated carbocycles. The Hall–Kier alpha value is -1.36. The molecule has 68 valence electrons. The van der Waals surface area contributed by atoms with E-state index < -0.39 is 17.6 Å². The van der Waals surface area contributed by atoms with Gasteiger partial charge in [0.2, 0.25) is 0 Å². The van der Waals surface area contributed by atoms with Crippen molar-refractivity contribution in [2.75, 3.05) is 0 Å². The van der Waals surface area contributed by atoms with Crippen LogP contribution in [0.4, 0.5) is 8.78 Å². The lowest BCUT2D eigenvalue weighted by Gasteiger charge is -2.07. The third-order valence-electron chi connectivity index (χ3n) is 1.99. The van der Waals surface area contributed by atoms with Gasteiger partial charge in [0.25, 0.3) is 0 Å². The van der Waals surface area contributed by atoms with E-state index in [1.165, 1.54) is 13.0 Å². The van der Waals surface area contributed by atoms with Crippen LogP contribution >= 0.6 is 0 Å². The van der Waals surface area contributed by atoms with E-state index in [9.17, 15) is 8.78 Å². The minimum absolute atomic E-state index is 0.241. The van der Waals surface area contributed by atoms with Crippen molar-refractivity contribution in [1.29, 1.82) is 0 Å². The molecule has 0 spiro atoms. The third-order valence-corrected chi connectivity index (χ3v) is 1.99. The van der Waals surface area contributed by atoms with Crippen LogP contribution in [0.15, 0.2) is 12.1 Å². The summed E-state index contributed by atoms with van der Waals surface area (Å²) in [5, 5.41) is 0. The summed E-state index contributed by atoms with van der Waals surface area (Å²) >= 11 is 0. The van der Waals surface area contributed by atoms with E-state index in [0.29, 0.717) is 5.56 Å². The van der Waals surface area contributed by atoms with Gasteiger partial charge in [0.15, 0.2) is 0 Å². The smallest absolute Gasteiger partial charge is 0.128 e. The summed E-state index contributed by atoms with van der Waals surface area (Å²) in [7, 11) is 0. The van der Waals surface area contributed by atoms with Crippen molar-refractivity contribution in [3.63, 3.8) is 0 Å². The van der Waals surface area contributed by atoms with Gasteiger partial charge in [-0.05, 0) is 31.5 Å². The molecule has 0 heterocycles. The summed E-state index contributed by atoms with van der Waals surface area (Å²) in [6.45, 7) is 3.18. The first-order valence-electron chi connectivity index (χ1n) is 3.98. The van der Waals surface area contributed by atoms with Crippen LogP contribution in [0.25, 0.3) is 0 Å². The third kappa shape index (κ3) is 1.86. The second kappa shape index (κ2) is 3.57. The fraction of sp³-hybridized carbons (Fsp3) is 0.273. The maximum absolute atomic E-state index is 13.2. The molecule has 0 nitrogen and oxygen atoms in total. The van der Waals surface area contributed by atoms with Crippen molar-refractivity contribution in [2.24, 2.45) is 0 Å². The molecule has 0 aliphatic carbocycles. The van der Waals surface area contributed by atoms with E-state index in [1.54, 1.807) is 6.92 Å². The van der Waals surface area contributed by atoms with Crippen molar-refractivity contribution in [1.82, 2.24) is 0 Å². The van der Waals surface area contributed by atoms with Gasteiger partial charge >= 0.3 is 0 Å². The Labute approximate surface area is 76.6 Å². The zero-order chi connectivity index (χ0) is 10.0. The molecule has 1 unspecified atom stereocenters. The number of benzene rings is 1. The molecular formula is C11H10F2. The van der Waals surface area contributed by atoms with Crippen molar-refractivity contribution >= 4 is 0 Å². The molecule has 0 bridgehead atoms. The SMILES string of the molecule is C#CC(C)c1cc(F)c(C)cc1F. The first-order chi connectivity index (χ1) is 6.06. The molecule has 2 heteroatoms. The Morgan fingerprint density at radius 3 is 2.46 bits per heavy atom. The normalized spacial score (nSPS) is 12.2. The van der Waals surface area contributed by atoms with Crippen LogP contribution in [0, 0.1) is 30.9 Å². The summed E-state index contributed by atoms with van der Waals surface area (Å²) in [5.74, 6) is 1.11. The highest BCUT2D eigenvalue weighted by Crippen LogP contribution is 2.21. The highest BCUT2D eigenvalue weighted by molar-refractivity contribution is 5.31. The minimum Gasteiger partial charge on any atom is -0.207 e. The molecule has 0 aliphatic rings. The van der Waals surface area contributed by atoms with E-state index >= 15 is 0 Å². The van der Waals surface area contributed by atoms with Crippen LogP contribution in [-0.2, 0) is 0 Å². The summed E-state index contributed by atoms with van der Waals surface area (Å²) < 4.78 is 26.2. The average Bonchev–Trinajstić information content (AvgIpc) is 2.10. The van der Waals surface area contributed by atoms with Crippen LogP contribution in [0.2, 0.25) is 0 Å². The maximum atomic E-state index is 13.2. The van der Waals surface area contributed by atoms with Gasteiger partial charge in [0.1, 0.15) is 11.6 Å². The van der Waals surface area contributed by atoms with Crippen LogP contribution < -0.4 is 0 Å². The van der Waals surface area contributed by atoms with Crippen LogP contribution in [0.1, 0.15) is 24.0 Å². The van der Waals surface area contributed by atoms with Gasteiger partial charge in [-0.1, -0.05) is 5.92 Å². The predicted octanol–water partition coefficient (Wildman–Crippen LogP) is 3.01. The van der Waals surface area contributed by atoms with Gasteiger partial charge < -0.3 is 0 Å². The van der Waals surface area contributed by atoms with Gasteiger partial charge in [0, 0.05) is 11.5 Å². The minimum atomic E-state index is -0.440. The van der Waals surface area contributed by atoms with Gasteiger partial charge in [-0.3, -0.25) is 0 Å². The lowest BCUT2D eigenvalue weighted by molar-refractivity contribution is 0.576. The Balaban J connectivity index is 3.25. The Morgan fingerprint density at radius 1 is 1.31 bits per heavy atom. The summed E-state index contributed by atoms with van der Waals surface area (Å²) in [6, 6.07) is 2.33. The fourth-order valence-corrected chi connectivity index (χ4v) is 1.08. The quantitative estimate of drug-likeness (QED) is 0.583. The second-order valence-electron chi connectivity index (χ2n) is 3.01. The monoisotopic (exact) mass is 180 g/mol. The lowest BCUT2D eigenvalue weighted by atomic mass is 10.00. The van der Waals surface area contributed by atoms with Gasteiger partial charge in [0.05, 0.1) is 0 Å². The van der Waals surface area contributed by atoms with Crippen molar-refractivity contribution in [3.8, 4) is 12.3 Å². The molecule has 13 heavy (non-hydrogen) atoms. The largest absolute Gasteiger partial charge is 0.207 e. The van der Waals surface area contributed by atoms with Crippen molar-refractivity contribution in [2.45, 2.75) is 19.8 Å². The van der Waals surface area contributed by atoms with E-state index in [4.69, 9.17) is 6.42 Å². The van der Waals surface area contributed by atoms with E-state index in [2.05, 4.69) is 5.92 Å². The molecule has 0 N–H and O–H groups in total. The van der Waals surface area contributed by atoms with E-state index in [0.717, 1.165) is 6.07 Å². The summed E-state index contributed by atoms with van der Waals surface area (Å²) in [4.78, 5) is 0. The molecule has 0 aliphatic heterocycles. The highest BCUT2D eigenvalue weighted by Gasteiger charge is 2.11. The van der Waals surface area contributed by atoms with E-state index in [1.807, 2.05) is 0 Å². The predicted molar refractivity (Wildman–Crippen MR) is 48.3 cm³/mol. The van der Waals surface area contributed by atoms with Crippen molar-refractivity contribution < 1.29 is 8.78 Å². The molecule has 0 amide bonds. The Bertz CT molecular complexity index is 361. The molecule has 1 aromatic rings. The number of aryl methyl sites for hydroxylation is 1. The molecule has 1 rings (SSSR count). The maximum Gasteiger partial charge on any atom is 0.128 e. The van der Waals surface area contributed by atoms with Crippen LogP contribution in [0.3, 0.4) is 0 Å². The Kier molecular flexibility index (Phi) is 2.67. The number of halogens is 2. The van der Waals surface area contributed by atoms with Gasteiger partial charge in [-0.2, -0.15) is 0 Å². The molecular weight excluding hydrogens is 170 g/mol. The molecule has 0 aromatic heterocycles. The van der Waals surface area contributed by atoms with Crippen molar-refractivity contribution in [3.05, 3.63) is 34.9 Å². The van der Waals surface area contributed by atoms with Crippen LogP contribution in [0.5, 0.6) is 0 Å². The molecule has 0 fully saturated rings. The second-order valence-corrected chi connectivity index (χ2v) is 3.01. The molecule has 0 saturated heterocycles. The number of terminal acetylenes is 1. The topological polar surface area (TPSA) is 0 Å². The van der Waals surface area contributed by atoms with Gasteiger partial charge in [-0.25, -0.2) is 8.78 Å². The first kappa shape index (κ1) is 9.73. The Morgan fingerprint density at radius 2 is 1.92 bits per heavy atom. The first-order valence-corrected chi connectivity index (χ1v) is 3.98. The highest BCUT2D eigenvalue weighted by atomic mass is 19.1.